The van der Waals surface area contributed by atoms with Gasteiger partial charge in [0.25, 0.3) is 0 Å². The van der Waals surface area contributed by atoms with E-state index < -0.39 is 0 Å². The Morgan fingerprint density at radius 1 is 1.12 bits per heavy atom. The molecule has 3 nitrogen and oxygen atoms in total. The molecule has 1 atom stereocenters. The molecule has 1 aliphatic heterocycles. The van der Waals surface area contributed by atoms with Crippen molar-refractivity contribution >= 4 is 0 Å². The smallest absolute Gasteiger partial charge is 0.0802 e. The summed E-state index contributed by atoms with van der Waals surface area (Å²) in [4.78, 5) is 0. The summed E-state index contributed by atoms with van der Waals surface area (Å²) in [6.07, 6.45) is 4.34. The molecule has 0 amide bonds. The number of benzene rings is 1. The zero-order chi connectivity index (χ0) is 11.9. The van der Waals surface area contributed by atoms with Crippen LogP contribution in [0, 0.1) is 0 Å². The zero-order valence-corrected chi connectivity index (χ0v) is 10.3. The Bertz CT molecular complexity index is 309. The van der Waals surface area contributed by atoms with Crippen LogP contribution in [0.4, 0.5) is 0 Å². The maximum Gasteiger partial charge on any atom is 0.0802 e. The highest BCUT2D eigenvalue weighted by Gasteiger charge is 2.10. The fourth-order valence-corrected chi connectivity index (χ4v) is 2.25. The molecule has 3 heteroatoms. The molecule has 1 aromatic carbocycles. The van der Waals surface area contributed by atoms with E-state index in [1.165, 1.54) is 19.3 Å². The first-order valence-electron chi connectivity index (χ1n) is 6.58. The lowest BCUT2D eigenvalue weighted by Crippen LogP contribution is -2.42. The Balaban J connectivity index is 1.67. The lowest BCUT2D eigenvalue weighted by Gasteiger charge is -2.27. The van der Waals surface area contributed by atoms with Crippen molar-refractivity contribution in [3.8, 4) is 0 Å². The molecule has 2 N–H and O–H groups in total. The molecule has 94 valence electrons. The first kappa shape index (κ1) is 12.6. The lowest BCUT2D eigenvalue weighted by atomic mass is 10.1. The van der Waals surface area contributed by atoms with Crippen molar-refractivity contribution in [3.63, 3.8) is 0 Å². The van der Waals surface area contributed by atoms with E-state index in [2.05, 4.69) is 10.4 Å². The van der Waals surface area contributed by atoms with Crippen LogP contribution in [-0.2, 0) is 0 Å². The fraction of sp³-hybridized carbons (Fsp3) is 0.571. The van der Waals surface area contributed by atoms with E-state index in [-0.39, 0.29) is 6.10 Å². The Morgan fingerprint density at radius 2 is 1.82 bits per heavy atom. The van der Waals surface area contributed by atoms with Gasteiger partial charge in [0, 0.05) is 19.6 Å². The molecular weight excluding hydrogens is 212 g/mol. The standard InChI is InChI=1S/C14H22N2O/c17-14(13-7-3-1-4-8-13)9-10-15-16-11-5-2-6-12-16/h1,3-4,7-8,14-15,17H,2,5-6,9-12H2/t14-/m1/s1. The third-order valence-corrected chi connectivity index (χ3v) is 3.29. The predicted octanol–water partition coefficient (Wildman–Crippen LogP) is 2.10. The van der Waals surface area contributed by atoms with E-state index >= 15 is 0 Å². The van der Waals surface area contributed by atoms with Crippen LogP contribution in [-0.4, -0.2) is 29.7 Å². The topological polar surface area (TPSA) is 35.5 Å². The van der Waals surface area contributed by atoms with Gasteiger partial charge in [0.1, 0.15) is 0 Å². The average molecular weight is 234 g/mol. The van der Waals surface area contributed by atoms with E-state index in [4.69, 9.17) is 0 Å². The number of aliphatic hydroxyl groups excluding tert-OH is 1. The van der Waals surface area contributed by atoms with Crippen LogP contribution in [0.2, 0.25) is 0 Å². The van der Waals surface area contributed by atoms with Gasteiger partial charge in [-0.2, -0.15) is 0 Å². The SMILES string of the molecule is O[C@H](CCNN1CCCCC1)c1ccccc1. The number of piperidine rings is 1. The zero-order valence-electron chi connectivity index (χ0n) is 10.3. The van der Waals surface area contributed by atoms with Crippen LogP contribution in [0.1, 0.15) is 37.4 Å². The number of nitrogens with one attached hydrogen (secondary N) is 1. The van der Waals surface area contributed by atoms with Crippen LogP contribution in [0.3, 0.4) is 0 Å². The van der Waals surface area contributed by atoms with Gasteiger partial charge in [-0.25, -0.2) is 5.01 Å². The molecule has 1 fully saturated rings. The molecule has 2 rings (SSSR count). The Hall–Kier alpha value is -0.900. The summed E-state index contributed by atoms with van der Waals surface area (Å²) in [6, 6.07) is 9.87. The first-order chi connectivity index (χ1) is 8.36. The third-order valence-electron chi connectivity index (χ3n) is 3.29. The molecular formula is C14H22N2O. The number of hydrogen-bond donors (Lipinski definition) is 2. The van der Waals surface area contributed by atoms with Gasteiger partial charge in [0.05, 0.1) is 6.10 Å². The minimum absolute atomic E-state index is 0.353. The highest BCUT2D eigenvalue weighted by Crippen LogP contribution is 2.15. The van der Waals surface area contributed by atoms with Gasteiger partial charge < -0.3 is 5.11 Å². The second-order valence-electron chi connectivity index (χ2n) is 4.67. The highest BCUT2D eigenvalue weighted by atomic mass is 16.3. The van der Waals surface area contributed by atoms with Gasteiger partial charge in [0.15, 0.2) is 0 Å². The molecule has 0 saturated carbocycles. The number of rotatable bonds is 5. The van der Waals surface area contributed by atoms with Crippen molar-refractivity contribution in [2.24, 2.45) is 0 Å². The summed E-state index contributed by atoms with van der Waals surface area (Å²) in [5.41, 5.74) is 4.40. The average Bonchev–Trinajstić information content (AvgIpc) is 2.41. The minimum atomic E-state index is -0.353. The number of hydrogen-bond acceptors (Lipinski definition) is 3. The summed E-state index contributed by atoms with van der Waals surface area (Å²) in [5.74, 6) is 0. The summed E-state index contributed by atoms with van der Waals surface area (Å²) in [6.45, 7) is 3.12. The Morgan fingerprint density at radius 3 is 2.53 bits per heavy atom. The van der Waals surface area contributed by atoms with Crippen molar-refractivity contribution in [1.29, 1.82) is 0 Å². The summed E-state index contributed by atoms with van der Waals surface area (Å²) < 4.78 is 0. The maximum absolute atomic E-state index is 9.99. The molecule has 0 spiro atoms. The van der Waals surface area contributed by atoms with E-state index in [1.54, 1.807) is 0 Å². The second-order valence-corrected chi connectivity index (χ2v) is 4.67. The fourth-order valence-electron chi connectivity index (χ4n) is 2.25. The van der Waals surface area contributed by atoms with Crippen molar-refractivity contribution in [1.82, 2.24) is 10.4 Å². The predicted molar refractivity (Wildman–Crippen MR) is 69.4 cm³/mol. The Labute approximate surface area is 103 Å². The van der Waals surface area contributed by atoms with Crippen molar-refractivity contribution in [2.75, 3.05) is 19.6 Å². The van der Waals surface area contributed by atoms with Crippen molar-refractivity contribution < 1.29 is 5.11 Å². The molecule has 0 radical (unpaired) electrons. The van der Waals surface area contributed by atoms with Crippen LogP contribution >= 0.6 is 0 Å². The van der Waals surface area contributed by atoms with Crippen LogP contribution in [0.5, 0.6) is 0 Å². The second kappa shape index (κ2) is 6.74. The summed E-state index contributed by atoms with van der Waals surface area (Å²) in [5, 5.41) is 12.3. The normalized spacial score (nSPS) is 19.1. The van der Waals surface area contributed by atoms with E-state index in [9.17, 15) is 5.11 Å². The van der Waals surface area contributed by atoms with Crippen LogP contribution < -0.4 is 5.43 Å². The van der Waals surface area contributed by atoms with Gasteiger partial charge in [0.2, 0.25) is 0 Å². The van der Waals surface area contributed by atoms with Crippen LogP contribution in [0.25, 0.3) is 0 Å². The van der Waals surface area contributed by atoms with E-state index in [1.807, 2.05) is 30.3 Å². The highest BCUT2D eigenvalue weighted by molar-refractivity contribution is 5.17. The summed E-state index contributed by atoms with van der Waals surface area (Å²) in [7, 11) is 0. The molecule has 0 bridgehead atoms. The largest absolute Gasteiger partial charge is 0.388 e. The molecule has 0 unspecified atom stereocenters. The maximum atomic E-state index is 9.99. The molecule has 1 aromatic rings. The van der Waals surface area contributed by atoms with Crippen molar-refractivity contribution in [2.45, 2.75) is 31.8 Å². The van der Waals surface area contributed by atoms with Crippen molar-refractivity contribution in [3.05, 3.63) is 35.9 Å². The molecule has 17 heavy (non-hydrogen) atoms. The van der Waals surface area contributed by atoms with E-state index in [0.29, 0.717) is 0 Å². The van der Waals surface area contributed by atoms with Gasteiger partial charge in [-0.05, 0) is 24.8 Å². The number of aliphatic hydroxyl groups is 1. The summed E-state index contributed by atoms with van der Waals surface area (Å²) >= 11 is 0. The van der Waals surface area contributed by atoms with Gasteiger partial charge in [-0.1, -0.05) is 36.8 Å². The lowest BCUT2D eigenvalue weighted by molar-refractivity contribution is 0.123. The van der Waals surface area contributed by atoms with E-state index in [0.717, 1.165) is 31.6 Å². The molecule has 1 heterocycles. The third kappa shape index (κ3) is 4.11. The van der Waals surface area contributed by atoms with Gasteiger partial charge >= 0.3 is 0 Å². The molecule has 1 saturated heterocycles. The molecule has 1 aliphatic rings. The number of hydrazine groups is 1. The minimum Gasteiger partial charge on any atom is -0.388 e. The van der Waals surface area contributed by atoms with Gasteiger partial charge in [-0.3, -0.25) is 5.43 Å². The van der Waals surface area contributed by atoms with Crippen LogP contribution in [0.15, 0.2) is 30.3 Å². The quantitative estimate of drug-likeness (QED) is 0.819. The monoisotopic (exact) mass is 234 g/mol. The number of nitrogens with zero attached hydrogens (tertiary/aromatic N) is 1. The first-order valence-corrected chi connectivity index (χ1v) is 6.58. The molecule has 0 aromatic heterocycles. The Kier molecular flexibility index (Phi) is 4.98. The molecule has 0 aliphatic carbocycles. The van der Waals surface area contributed by atoms with Gasteiger partial charge in [-0.15, -0.1) is 0 Å².